The molecule has 0 aliphatic rings. The first kappa shape index (κ1) is 19.1. The Kier molecular flexibility index (Phi) is 7.10. The summed E-state index contributed by atoms with van der Waals surface area (Å²) in [5, 5.41) is 5.82. The molecule has 0 unspecified atom stereocenters. The summed E-state index contributed by atoms with van der Waals surface area (Å²) in [4.78, 5) is 19.1. The zero-order valence-corrected chi connectivity index (χ0v) is 15.7. The van der Waals surface area contributed by atoms with Crippen LogP contribution in [-0.2, 0) is 17.8 Å². The second-order valence-corrected chi connectivity index (χ2v) is 6.99. The summed E-state index contributed by atoms with van der Waals surface area (Å²) in [6.45, 7) is 13.9. The third kappa shape index (κ3) is 5.96. The van der Waals surface area contributed by atoms with E-state index in [2.05, 4.69) is 28.4 Å². The van der Waals surface area contributed by atoms with E-state index in [1.54, 1.807) is 0 Å². The fraction of sp³-hybridized carbons (Fsp3) is 0.300. The Bertz CT molecular complexity index is 741. The van der Waals surface area contributed by atoms with Gasteiger partial charge in [-0.1, -0.05) is 24.3 Å². The zero-order valence-electron chi connectivity index (χ0n) is 14.9. The molecule has 0 radical (unpaired) electrons. The monoisotopic (exact) mass is 355 g/mol. The van der Waals surface area contributed by atoms with Crippen LogP contribution in [0, 0.1) is 13.8 Å². The SMILES string of the molecule is C=CCN(CC=C)Cc1csc(CC(=O)Nc2cc(C)ccc2C)n1. The van der Waals surface area contributed by atoms with Gasteiger partial charge in [0, 0.05) is 30.7 Å². The van der Waals surface area contributed by atoms with Crippen molar-refractivity contribution >= 4 is 22.9 Å². The number of hydrogen-bond donors (Lipinski definition) is 1. The topological polar surface area (TPSA) is 45.2 Å². The zero-order chi connectivity index (χ0) is 18.2. The number of aryl methyl sites for hydroxylation is 2. The predicted molar refractivity (Wildman–Crippen MR) is 106 cm³/mol. The lowest BCUT2D eigenvalue weighted by atomic mass is 10.1. The number of amides is 1. The van der Waals surface area contributed by atoms with E-state index in [0.29, 0.717) is 6.42 Å². The molecule has 1 aromatic heterocycles. The Labute approximate surface area is 153 Å². The molecule has 4 nitrogen and oxygen atoms in total. The van der Waals surface area contributed by atoms with Crippen molar-refractivity contribution in [3.05, 3.63) is 70.7 Å². The maximum atomic E-state index is 12.3. The molecular formula is C20H25N3OS. The summed E-state index contributed by atoms with van der Waals surface area (Å²) in [7, 11) is 0. The van der Waals surface area contributed by atoms with Crippen LogP contribution in [0.5, 0.6) is 0 Å². The second-order valence-electron chi connectivity index (χ2n) is 6.05. The van der Waals surface area contributed by atoms with Crippen LogP contribution < -0.4 is 5.32 Å². The highest BCUT2D eigenvalue weighted by Crippen LogP contribution is 2.18. The third-order valence-electron chi connectivity index (χ3n) is 3.74. The summed E-state index contributed by atoms with van der Waals surface area (Å²) < 4.78 is 0. The molecule has 132 valence electrons. The molecular weight excluding hydrogens is 330 g/mol. The van der Waals surface area contributed by atoms with Crippen molar-refractivity contribution in [3.63, 3.8) is 0 Å². The van der Waals surface area contributed by atoms with Gasteiger partial charge in [0.25, 0.3) is 0 Å². The number of aromatic nitrogens is 1. The summed E-state index contributed by atoms with van der Waals surface area (Å²) in [6, 6.07) is 6.04. The van der Waals surface area contributed by atoms with Crippen LogP contribution in [0.3, 0.4) is 0 Å². The number of rotatable bonds is 9. The first-order chi connectivity index (χ1) is 12.0. The largest absolute Gasteiger partial charge is 0.325 e. The van der Waals surface area contributed by atoms with E-state index in [1.807, 2.05) is 49.6 Å². The molecule has 0 spiro atoms. The average Bonchev–Trinajstić information content (AvgIpc) is 2.98. The number of carbonyl (C=O) groups is 1. The number of anilines is 1. The smallest absolute Gasteiger partial charge is 0.231 e. The number of nitrogens with zero attached hydrogens (tertiary/aromatic N) is 2. The van der Waals surface area contributed by atoms with Crippen molar-refractivity contribution in [1.82, 2.24) is 9.88 Å². The molecule has 1 N–H and O–H groups in total. The molecule has 0 fully saturated rings. The normalized spacial score (nSPS) is 10.7. The Balaban J connectivity index is 1.95. The summed E-state index contributed by atoms with van der Waals surface area (Å²) in [6.07, 6.45) is 4.03. The van der Waals surface area contributed by atoms with Crippen molar-refractivity contribution < 1.29 is 4.79 Å². The van der Waals surface area contributed by atoms with Gasteiger partial charge in [0.05, 0.1) is 12.1 Å². The maximum absolute atomic E-state index is 12.3. The Morgan fingerprint density at radius 3 is 2.68 bits per heavy atom. The Morgan fingerprint density at radius 1 is 1.28 bits per heavy atom. The van der Waals surface area contributed by atoms with Crippen LogP contribution in [0.25, 0.3) is 0 Å². The van der Waals surface area contributed by atoms with Crippen molar-refractivity contribution in [2.45, 2.75) is 26.8 Å². The third-order valence-corrected chi connectivity index (χ3v) is 4.64. The van der Waals surface area contributed by atoms with Crippen molar-refractivity contribution in [1.29, 1.82) is 0 Å². The number of nitrogens with one attached hydrogen (secondary N) is 1. The van der Waals surface area contributed by atoms with Crippen LogP contribution in [-0.4, -0.2) is 28.9 Å². The average molecular weight is 356 g/mol. The molecule has 1 heterocycles. The van der Waals surface area contributed by atoms with E-state index in [0.717, 1.165) is 47.2 Å². The van der Waals surface area contributed by atoms with E-state index in [4.69, 9.17) is 0 Å². The quantitative estimate of drug-likeness (QED) is 0.688. The minimum Gasteiger partial charge on any atom is -0.325 e. The van der Waals surface area contributed by atoms with Gasteiger partial charge in [-0.2, -0.15) is 0 Å². The Hall–Kier alpha value is -2.24. The number of thiazole rings is 1. The highest BCUT2D eigenvalue weighted by atomic mass is 32.1. The first-order valence-corrected chi connectivity index (χ1v) is 9.14. The van der Waals surface area contributed by atoms with E-state index in [1.165, 1.54) is 11.3 Å². The van der Waals surface area contributed by atoms with E-state index in [9.17, 15) is 4.79 Å². The molecule has 2 aromatic rings. The standard InChI is InChI=1S/C20H25N3OS/c1-5-9-23(10-6-2)13-17-14-25-20(21-17)12-19(24)22-18-11-15(3)7-8-16(18)4/h5-8,11,14H,1-2,9-10,12-13H2,3-4H3,(H,22,24). The van der Waals surface area contributed by atoms with Gasteiger partial charge in [-0.3, -0.25) is 9.69 Å². The van der Waals surface area contributed by atoms with Gasteiger partial charge in [0.15, 0.2) is 0 Å². The van der Waals surface area contributed by atoms with Crippen LogP contribution in [0.1, 0.15) is 21.8 Å². The minimum absolute atomic E-state index is 0.0383. The lowest BCUT2D eigenvalue weighted by molar-refractivity contribution is -0.115. The van der Waals surface area contributed by atoms with Gasteiger partial charge < -0.3 is 5.32 Å². The molecule has 2 rings (SSSR count). The molecule has 0 saturated heterocycles. The molecule has 0 aliphatic heterocycles. The van der Waals surface area contributed by atoms with Gasteiger partial charge in [-0.25, -0.2) is 4.98 Å². The van der Waals surface area contributed by atoms with Gasteiger partial charge in [-0.15, -0.1) is 24.5 Å². The second kappa shape index (κ2) is 9.30. The van der Waals surface area contributed by atoms with Gasteiger partial charge >= 0.3 is 0 Å². The number of carbonyl (C=O) groups excluding carboxylic acids is 1. The number of hydrogen-bond acceptors (Lipinski definition) is 4. The van der Waals surface area contributed by atoms with E-state index in [-0.39, 0.29) is 5.91 Å². The first-order valence-electron chi connectivity index (χ1n) is 8.26. The maximum Gasteiger partial charge on any atom is 0.231 e. The Morgan fingerprint density at radius 2 is 2.00 bits per heavy atom. The summed E-state index contributed by atoms with van der Waals surface area (Å²) >= 11 is 1.52. The van der Waals surface area contributed by atoms with Gasteiger partial charge in [0.2, 0.25) is 5.91 Å². The van der Waals surface area contributed by atoms with Crippen molar-refractivity contribution in [2.75, 3.05) is 18.4 Å². The molecule has 25 heavy (non-hydrogen) atoms. The fourth-order valence-corrected chi connectivity index (χ4v) is 3.29. The van der Waals surface area contributed by atoms with Crippen LogP contribution in [0.2, 0.25) is 0 Å². The van der Waals surface area contributed by atoms with Gasteiger partial charge in [0.1, 0.15) is 5.01 Å². The van der Waals surface area contributed by atoms with Crippen molar-refractivity contribution in [2.24, 2.45) is 0 Å². The highest BCUT2D eigenvalue weighted by molar-refractivity contribution is 7.09. The van der Waals surface area contributed by atoms with Crippen LogP contribution in [0.15, 0.2) is 48.9 Å². The number of benzene rings is 1. The van der Waals surface area contributed by atoms with Gasteiger partial charge in [-0.05, 0) is 31.0 Å². The molecule has 5 heteroatoms. The lowest BCUT2D eigenvalue weighted by Gasteiger charge is -2.16. The summed E-state index contributed by atoms with van der Waals surface area (Å²) in [5.74, 6) is -0.0383. The summed E-state index contributed by atoms with van der Waals surface area (Å²) in [5.41, 5.74) is 4.03. The molecule has 1 aromatic carbocycles. The fourth-order valence-electron chi connectivity index (χ4n) is 2.50. The van der Waals surface area contributed by atoms with Crippen LogP contribution >= 0.6 is 11.3 Å². The van der Waals surface area contributed by atoms with Crippen molar-refractivity contribution in [3.8, 4) is 0 Å². The van der Waals surface area contributed by atoms with E-state index >= 15 is 0 Å². The predicted octanol–water partition coefficient (Wildman–Crippen LogP) is 4.12. The lowest BCUT2D eigenvalue weighted by Crippen LogP contribution is -2.23. The molecule has 1 amide bonds. The molecule has 0 saturated carbocycles. The molecule has 0 aliphatic carbocycles. The van der Waals surface area contributed by atoms with E-state index < -0.39 is 0 Å². The highest BCUT2D eigenvalue weighted by Gasteiger charge is 2.11. The minimum atomic E-state index is -0.0383. The molecule has 0 bridgehead atoms. The molecule has 0 atom stereocenters. The van der Waals surface area contributed by atoms with Crippen LogP contribution in [0.4, 0.5) is 5.69 Å².